The summed E-state index contributed by atoms with van der Waals surface area (Å²) in [6.45, 7) is 7.05. The third kappa shape index (κ3) is 10.5. The fourth-order valence-electron chi connectivity index (χ4n) is 5.90. The van der Waals surface area contributed by atoms with E-state index < -0.39 is 6.10 Å². The van der Waals surface area contributed by atoms with Crippen LogP contribution in [0.15, 0.2) is 109 Å². The van der Waals surface area contributed by atoms with Crippen molar-refractivity contribution in [1.29, 1.82) is 0 Å². The Bertz CT molecular complexity index is 1860. The molecule has 4 aromatic carbocycles. The molecule has 9 heteroatoms. The Hall–Kier alpha value is -5.09. The fourth-order valence-corrected chi connectivity index (χ4v) is 5.90. The van der Waals surface area contributed by atoms with Gasteiger partial charge >= 0.3 is 0 Å². The van der Waals surface area contributed by atoms with Gasteiger partial charge in [0.05, 0.1) is 13.2 Å². The van der Waals surface area contributed by atoms with E-state index in [0.717, 1.165) is 38.6 Å². The molecule has 9 nitrogen and oxygen atoms in total. The van der Waals surface area contributed by atoms with E-state index in [1.54, 1.807) is 24.4 Å². The predicted molar refractivity (Wildman–Crippen MR) is 199 cm³/mol. The molecule has 0 bridgehead atoms. The zero-order valence-electron chi connectivity index (χ0n) is 29.9. The zero-order valence-corrected chi connectivity index (χ0v) is 29.9. The Morgan fingerprint density at radius 2 is 1.53 bits per heavy atom. The van der Waals surface area contributed by atoms with Gasteiger partial charge in [0.15, 0.2) is 6.79 Å². The van der Waals surface area contributed by atoms with E-state index in [1.165, 1.54) is 0 Å². The number of methoxy groups -OCH3 is 1. The van der Waals surface area contributed by atoms with Gasteiger partial charge in [-0.25, -0.2) is 0 Å². The number of nitrogens with zero attached hydrogens (tertiary/aromatic N) is 3. The van der Waals surface area contributed by atoms with Crippen LogP contribution in [-0.2, 0) is 38.5 Å². The number of hydrogen-bond acceptors (Lipinski definition) is 7. The number of rotatable bonds is 18. The monoisotopic (exact) mass is 689 g/mol. The molecule has 1 heterocycles. The maximum Gasteiger partial charge on any atom is 0.253 e. The van der Waals surface area contributed by atoms with Crippen LogP contribution in [0.4, 0.5) is 0 Å². The second-order valence-electron chi connectivity index (χ2n) is 12.3. The lowest BCUT2D eigenvalue weighted by Gasteiger charge is -2.26. The third-order valence-corrected chi connectivity index (χ3v) is 8.66. The molecule has 1 aromatic heterocycles. The standard InChI is InChI=1S/C42H47N3O6/c1-5-45(29-32-18-20-43-21-19-32)42(47)40(50-6-2)25-31-10-12-34(13-11-31)35-9-7-8-33(24-35)28-44(3)41(46)38-15-14-37-27-39(17-16-36(37)26-38)51-30-49-23-22-48-4/h7-21,24,26-27,40H,5-6,22-23,25,28-30H2,1-4H3. The summed E-state index contributed by atoms with van der Waals surface area (Å²) < 4.78 is 22.0. The molecule has 266 valence electrons. The van der Waals surface area contributed by atoms with Crippen LogP contribution in [0.25, 0.3) is 21.9 Å². The van der Waals surface area contributed by atoms with Gasteiger partial charge in [0.2, 0.25) is 0 Å². The highest BCUT2D eigenvalue weighted by atomic mass is 16.7. The lowest BCUT2D eigenvalue weighted by atomic mass is 9.99. The number of amides is 2. The summed E-state index contributed by atoms with van der Waals surface area (Å²) in [5.41, 5.74) is 5.82. The minimum absolute atomic E-state index is 0.0189. The first-order valence-corrected chi connectivity index (χ1v) is 17.3. The van der Waals surface area contributed by atoms with Gasteiger partial charge in [-0.3, -0.25) is 14.6 Å². The Morgan fingerprint density at radius 1 is 0.765 bits per heavy atom. The van der Waals surface area contributed by atoms with Gasteiger partial charge in [-0.05, 0) is 94.9 Å². The molecule has 5 rings (SSSR count). The van der Waals surface area contributed by atoms with Crippen LogP contribution in [-0.4, -0.2) is 80.0 Å². The van der Waals surface area contributed by atoms with Crippen molar-refractivity contribution in [2.75, 3.05) is 47.3 Å². The summed E-state index contributed by atoms with van der Waals surface area (Å²) in [6, 6.07) is 31.8. The second-order valence-corrected chi connectivity index (χ2v) is 12.3. The second kappa shape index (κ2) is 18.8. The van der Waals surface area contributed by atoms with Crippen molar-refractivity contribution < 1.29 is 28.5 Å². The largest absolute Gasteiger partial charge is 0.468 e. The van der Waals surface area contributed by atoms with Gasteiger partial charge in [0.1, 0.15) is 11.9 Å². The molecule has 0 spiro atoms. The van der Waals surface area contributed by atoms with Crippen LogP contribution < -0.4 is 4.74 Å². The molecule has 0 radical (unpaired) electrons. The van der Waals surface area contributed by atoms with Crippen LogP contribution in [0.1, 0.15) is 40.9 Å². The van der Waals surface area contributed by atoms with E-state index in [4.69, 9.17) is 18.9 Å². The molecule has 0 N–H and O–H groups in total. The number of likely N-dealkylation sites (N-methyl/N-ethyl adjacent to an activating group) is 1. The third-order valence-electron chi connectivity index (χ3n) is 8.66. The number of hydrogen-bond donors (Lipinski definition) is 0. The lowest BCUT2D eigenvalue weighted by molar-refractivity contribution is -0.143. The number of benzene rings is 4. The van der Waals surface area contributed by atoms with Crippen molar-refractivity contribution in [1.82, 2.24) is 14.8 Å². The molecule has 1 atom stereocenters. The van der Waals surface area contributed by atoms with Crippen LogP contribution in [0.2, 0.25) is 0 Å². The van der Waals surface area contributed by atoms with E-state index in [-0.39, 0.29) is 18.6 Å². The smallest absolute Gasteiger partial charge is 0.253 e. The Balaban J connectivity index is 1.19. The first-order valence-electron chi connectivity index (χ1n) is 17.3. The van der Waals surface area contributed by atoms with Crippen molar-refractivity contribution in [3.63, 3.8) is 0 Å². The van der Waals surface area contributed by atoms with Crippen molar-refractivity contribution in [3.8, 4) is 16.9 Å². The van der Waals surface area contributed by atoms with Crippen molar-refractivity contribution in [2.45, 2.75) is 39.5 Å². The maximum absolute atomic E-state index is 13.5. The summed E-state index contributed by atoms with van der Waals surface area (Å²) in [4.78, 5) is 34.6. The highest BCUT2D eigenvalue weighted by Crippen LogP contribution is 2.25. The molecule has 0 aliphatic heterocycles. The fraction of sp³-hybridized carbons (Fsp3) is 0.310. The summed E-state index contributed by atoms with van der Waals surface area (Å²) >= 11 is 0. The van der Waals surface area contributed by atoms with Gasteiger partial charge < -0.3 is 28.7 Å². The van der Waals surface area contributed by atoms with E-state index in [1.807, 2.05) is 86.5 Å². The van der Waals surface area contributed by atoms with Crippen LogP contribution >= 0.6 is 0 Å². The molecule has 51 heavy (non-hydrogen) atoms. The zero-order chi connectivity index (χ0) is 36.0. The quantitative estimate of drug-likeness (QED) is 0.0712. The SMILES string of the molecule is CCOC(Cc1ccc(-c2cccc(CN(C)C(=O)c3ccc4cc(OCOCCOC)ccc4c3)c2)cc1)C(=O)N(CC)Cc1ccncc1. The molecule has 2 amide bonds. The number of pyridine rings is 1. The van der Waals surface area contributed by atoms with E-state index >= 15 is 0 Å². The molecule has 0 saturated heterocycles. The summed E-state index contributed by atoms with van der Waals surface area (Å²) in [5.74, 6) is 0.625. The van der Waals surface area contributed by atoms with Crippen LogP contribution in [0.3, 0.4) is 0 Å². The number of ether oxygens (including phenoxy) is 4. The van der Waals surface area contributed by atoms with Gasteiger partial charge in [-0.1, -0.05) is 54.6 Å². The molecule has 0 aliphatic carbocycles. The first kappa shape index (κ1) is 37.2. The van der Waals surface area contributed by atoms with Crippen LogP contribution in [0, 0.1) is 0 Å². The average molecular weight is 690 g/mol. The highest BCUT2D eigenvalue weighted by molar-refractivity contribution is 5.98. The maximum atomic E-state index is 13.5. The topological polar surface area (TPSA) is 90.4 Å². The molecular formula is C42H47N3O6. The van der Waals surface area contributed by atoms with E-state index in [9.17, 15) is 9.59 Å². The van der Waals surface area contributed by atoms with Crippen molar-refractivity contribution in [3.05, 3.63) is 132 Å². The Labute approximate surface area is 300 Å². The summed E-state index contributed by atoms with van der Waals surface area (Å²) in [6.07, 6.45) is 3.40. The van der Waals surface area contributed by atoms with Gasteiger partial charge in [-0.2, -0.15) is 0 Å². The van der Waals surface area contributed by atoms with E-state index in [0.29, 0.717) is 57.2 Å². The average Bonchev–Trinajstić information content (AvgIpc) is 3.16. The molecule has 5 aromatic rings. The minimum Gasteiger partial charge on any atom is -0.468 e. The van der Waals surface area contributed by atoms with E-state index in [2.05, 4.69) is 41.4 Å². The van der Waals surface area contributed by atoms with Gasteiger partial charge in [0.25, 0.3) is 11.8 Å². The van der Waals surface area contributed by atoms with Crippen molar-refractivity contribution >= 4 is 22.6 Å². The molecule has 0 aliphatic rings. The molecular weight excluding hydrogens is 642 g/mol. The number of carbonyl (C=O) groups excluding carboxylic acids is 2. The summed E-state index contributed by atoms with van der Waals surface area (Å²) in [5, 5.41) is 1.93. The Kier molecular flexibility index (Phi) is 13.7. The van der Waals surface area contributed by atoms with Gasteiger partial charge in [0, 0.05) is 64.8 Å². The normalized spacial score (nSPS) is 11.7. The highest BCUT2D eigenvalue weighted by Gasteiger charge is 2.24. The molecule has 0 fully saturated rings. The van der Waals surface area contributed by atoms with Crippen molar-refractivity contribution in [2.24, 2.45) is 0 Å². The molecule has 1 unspecified atom stereocenters. The summed E-state index contributed by atoms with van der Waals surface area (Å²) in [7, 11) is 3.45. The Morgan fingerprint density at radius 3 is 2.27 bits per heavy atom. The number of carbonyl (C=O) groups is 2. The predicted octanol–water partition coefficient (Wildman–Crippen LogP) is 7.17. The molecule has 0 saturated carbocycles. The van der Waals surface area contributed by atoms with Crippen LogP contribution in [0.5, 0.6) is 5.75 Å². The number of aromatic nitrogens is 1. The number of fused-ring (bicyclic) bond motifs is 1. The first-order chi connectivity index (χ1) is 24.9. The minimum atomic E-state index is -0.565. The van der Waals surface area contributed by atoms with Gasteiger partial charge in [-0.15, -0.1) is 0 Å². The lowest BCUT2D eigenvalue weighted by Crippen LogP contribution is -2.41.